The number of amides is 1. The van der Waals surface area contributed by atoms with Crippen LogP contribution in [0.25, 0.3) is 0 Å². The van der Waals surface area contributed by atoms with Crippen molar-refractivity contribution >= 4 is 21.9 Å². The molecule has 1 saturated heterocycles. The molecule has 0 aromatic carbocycles. The van der Waals surface area contributed by atoms with Crippen LogP contribution in [0.5, 0.6) is 0 Å². The molecular weight excluding hydrogens is 346 g/mol. The number of carbonyl (C=O) groups is 2. The number of aromatic nitrogens is 1. The van der Waals surface area contributed by atoms with Crippen molar-refractivity contribution < 1.29 is 23.1 Å². The summed E-state index contributed by atoms with van der Waals surface area (Å²) in [6.07, 6.45) is 3.61. The molecule has 1 fully saturated rings. The van der Waals surface area contributed by atoms with Gasteiger partial charge in [-0.25, -0.2) is 8.42 Å². The van der Waals surface area contributed by atoms with Gasteiger partial charge < -0.3 is 10.0 Å². The molecule has 0 radical (unpaired) electrons. The van der Waals surface area contributed by atoms with Gasteiger partial charge in [-0.1, -0.05) is 0 Å². The molecule has 0 unspecified atom stereocenters. The number of nitrogens with zero attached hydrogens (tertiary/aromatic N) is 3. The van der Waals surface area contributed by atoms with Gasteiger partial charge in [0.2, 0.25) is 15.9 Å². The van der Waals surface area contributed by atoms with E-state index < -0.39 is 16.0 Å². The van der Waals surface area contributed by atoms with Gasteiger partial charge in [0.05, 0.1) is 6.42 Å². The van der Waals surface area contributed by atoms with E-state index >= 15 is 0 Å². The van der Waals surface area contributed by atoms with Crippen LogP contribution in [0, 0.1) is 5.92 Å². The molecule has 1 aliphatic rings. The fourth-order valence-corrected chi connectivity index (χ4v) is 4.34. The van der Waals surface area contributed by atoms with Crippen molar-refractivity contribution in [1.82, 2.24) is 14.2 Å². The van der Waals surface area contributed by atoms with Gasteiger partial charge in [0.25, 0.3) is 0 Å². The first-order valence-electron chi connectivity index (χ1n) is 8.27. The van der Waals surface area contributed by atoms with Gasteiger partial charge in [0, 0.05) is 44.5 Å². The molecule has 2 heterocycles. The third-order valence-corrected chi connectivity index (χ3v) is 6.25. The Hall–Kier alpha value is -2.00. The van der Waals surface area contributed by atoms with E-state index in [1.165, 1.54) is 27.7 Å². The fourth-order valence-electron chi connectivity index (χ4n) is 2.90. The van der Waals surface area contributed by atoms with Gasteiger partial charge in [-0.2, -0.15) is 4.31 Å². The molecule has 0 aliphatic carbocycles. The van der Waals surface area contributed by atoms with Gasteiger partial charge >= 0.3 is 5.97 Å². The molecule has 1 aliphatic heterocycles. The number of rotatable bonds is 7. The lowest BCUT2D eigenvalue weighted by atomic mass is 9.96. The topological polar surface area (TPSA) is 108 Å². The van der Waals surface area contributed by atoms with Crippen molar-refractivity contribution in [2.45, 2.75) is 31.1 Å². The smallest absolute Gasteiger partial charge is 0.305 e. The Morgan fingerprint density at radius 1 is 1.36 bits per heavy atom. The molecule has 0 bridgehead atoms. The van der Waals surface area contributed by atoms with E-state index in [0.29, 0.717) is 19.4 Å². The van der Waals surface area contributed by atoms with E-state index in [2.05, 4.69) is 4.98 Å². The number of hydrogen-bond donors (Lipinski definition) is 1. The fraction of sp³-hybridized carbons (Fsp3) is 0.562. The predicted octanol–water partition coefficient (Wildman–Crippen LogP) is 0.806. The minimum absolute atomic E-state index is 0.0895. The van der Waals surface area contributed by atoms with Gasteiger partial charge in [0.1, 0.15) is 4.90 Å². The predicted molar refractivity (Wildman–Crippen MR) is 90.2 cm³/mol. The van der Waals surface area contributed by atoms with Crippen molar-refractivity contribution in [3.05, 3.63) is 24.5 Å². The monoisotopic (exact) mass is 369 g/mol. The average Bonchev–Trinajstić information content (AvgIpc) is 2.62. The number of sulfonamides is 1. The summed E-state index contributed by atoms with van der Waals surface area (Å²) in [4.78, 5) is 28.7. The second-order valence-electron chi connectivity index (χ2n) is 5.93. The summed E-state index contributed by atoms with van der Waals surface area (Å²) in [5.74, 6) is -1.31. The molecule has 1 aromatic heterocycles. The number of piperidine rings is 1. The number of carboxylic acid groups (broad SMARTS) is 1. The molecule has 138 valence electrons. The van der Waals surface area contributed by atoms with Gasteiger partial charge in [-0.05, 0) is 31.9 Å². The molecule has 8 nitrogen and oxygen atoms in total. The molecule has 0 saturated carbocycles. The van der Waals surface area contributed by atoms with Crippen LogP contribution in [-0.2, 0) is 19.6 Å². The van der Waals surface area contributed by atoms with Crippen LogP contribution in [0.1, 0.15) is 26.2 Å². The zero-order valence-electron chi connectivity index (χ0n) is 14.2. The summed E-state index contributed by atoms with van der Waals surface area (Å²) in [5, 5.41) is 8.77. The molecule has 1 N–H and O–H groups in total. The second kappa shape index (κ2) is 8.39. The minimum atomic E-state index is -3.59. The Labute approximate surface area is 147 Å². The van der Waals surface area contributed by atoms with Gasteiger partial charge in [-0.3, -0.25) is 14.6 Å². The zero-order valence-corrected chi connectivity index (χ0v) is 15.0. The number of hydrogen-bond acceptors (Lipinski definition) is 5. The summed E-state index contributed by atoms with van der Waals surface area (Å²) < 4.78 is 26.5. The SMILES string of the molecule is CCN(CCC(=O)O)C(=O)C1CCN(S(=O)(=O)c2cccnc2)CC1. The summed E-state index contributed by atoms with van der Waals surface area (Å²) in [7, 11) is -3.59. The van der Waals surface area contributed by atoms with Crippen molar-refractivity contribution in [2.24, 2.45) is 5.92 Å². The van der Waals surface area contributed by atoms with E-state index in [4.69, 9.17) is 5.11 Å². The highest BCUT2D eigenvalue weighted by Crippen LogP contribution is 2.24. The first-order valence-corrected chi connectivity index (χ1v) is 9.71. The van der Waals surface area contributed by atoms with Crippen molar-refractivity contribution in [1.29, 1.82) is 0 Å². The molecular formula is C16H23N3O5S. The van der Waals surface area contributed by atoms with E-state index in [1.54, 1.807) is 6.07 Å². The summed E-state index contributed by atoms with van der Waals surface area (Å²) in [6.45, 7) is 2.97. The number of aliphatic carboxylic acids is 1. The maximum atomic E-state index is 12.6. The minimum Gasteiger partial charge on any atom is -0.481 e. The highest BCUT2D eigenvalue weighted by Gasteiger charge is 2.33. The Balaban J connectivity index is 1.96. The average molecular weight is 369 g/mol. The molecule has 2 rings (SSSR count). The van der Waals surface area contributed by atoms with Crippen LogP contribution in [0.15, 0.2) is 29.4 Å². The van der Waals surface area contributed by atoms with E-state index in [9.17, 15) is 18.0 Å². The van der Waals surface area contributed by atoms with Crippen LogP contribution in [0.4, 0.5) is 0 Å². The van der Waals surface area contributed by atoms with Crippen molar-refractivity contribution in [2.75, 3.05) is 26.2 Å². The maximum absolute atomic E-state index is 12.6. The van der Waals surface area contributed by atoms with Crippen molar-refractivity contribution in [3.63, 3.8) is 0 Å². The number of pyridine rings is 1. The maximum Gasteiger partial charge on any atom is 0.305 e. The van der Waals surface area contributed by atoms with Crippen LogP contribution in [-0.4, -0.2) is 65.8 Å². The highest BCUT2D eigenvalue weighted by molar-refractivity contribution is 7.89. The highest BCUT2D eigenvalue weighted by atomic mass is 32.2. The lowest BCUT2D eigenvalue weighted by Crippen LogP contribution is -2.44. The van der Waals surface area contributed by atoms with Crippen LogP contribution < -0.4 is 0 Å². The van der Waals surface area contributed by atoms with E-state index in [-0.39, 0.29) is 42.8 Å². The Bertz CT molecular complexity index is 700. The van der Waals surface area contributed by atoms with E-state index in [1.807, 2.05) is 6.92 Å². The lowest BCUT2D eigenvalue weighted by Gasteiger charge is -2.33. The van der Waals surface area contributed by atoms with Gasteiger partial charge in [-0.15, -0.1) is 0 Å². The quantitative estimate of drug-likeness (QED) is 0.762. The lowest BCUT2D eigenvalue weighted by molar-refractivity contribution is -0.140. The van der Waals surface area contributed by atoms with Crippen molar-refractivity contribution in [3.8, 4) is 0 Å². The number of carboxylic acids is 1. The number of carbonyl (C=O) groups excluding carboxylic acids is 1. The van der Waals surface area contributed by atoms with Crippen LogP contribution in [0.3, 0.4) is 0 Å². The van der Waals surface area contributed by atoms with Crippen LogP contribution >= 0.6 is 0 Å². The second-order valence-corrected chi connectivity index (χ2v) is 7.87. The van der Waals surface area contributed by atoms with Gasteiger partial charge in [0.15, 0.2) is 0 Å². The van der Waals surface area contributed by atoms with E-state index in [0.717, 1.165) is 0 Å². The summed E-state index contributed by atoms with van der Waals surface area (Å²) in [5.41, 5.74) is 0. The summed E-state index contributed by atoms with van der Waals surface area (Å²) in [6, 6.07) is 3.08. The molecule has 0 spiro atoms. The zero-order chi connectivity index (χ0) is 18.4. The largest absolute Gasteiger partial charge is 0.481 e. The molecule has 0 atom stereocenters. The summed E-state index contributed by atoms with van der Waals surface area (Å²) >= 11 is 0. The molecule has 25 heavy (non-hydrogen) atoms. The van der Waals surface area contributed by atoms with Crippen LogP contribution in [0.2, 0.25) is 0 Å². The standard InChI is InChI=1S/C16H23N3O5S/c1-2-18(9-7-15(20)21)16(22)13-5-10-19(11-6-13)25(23,24)14-4-3-8-17-12-14/h3-4,8,12-13H,2,5-7,9-11H2,1H3,(H,20,21). The molecule has 1 amide bonds. The first kappa shape index (κ1) is 19.3. The third kappa shape index (κ3) is 4.76. The first-order chi connectivity index (χ1) is 11.9. The molecule has 9 heteroatoms. The Morgan fingerprint density at radius 2 is 2.04 bits per heavy atom. The normalized spacial score (nSPS) is 16.5. The molecule has 1 aromatic rings. The Kier molecular flexibility index (Phi) is 6.49. The third-order valence-electron chi connectivity index (χ3n) is 4.36. The Morgan fingerprint density at radius 3 is 2.56 bits per heavy atom.